The molecular formula is C15H22N2O3S. The Morgan fingerprint density at radius 3 is 2.48 bits per heavy atom. The fourth-order valence-corrected chi connectivity index (χ4v) is 3.56. The lowest BCUT2D eigenvalue weighted by Crippen LogP contribution is -2.27. The van der Waals surface area contributed by atoms with Gasteiger partial charge in [0.25, 0.3) is 0 Å². The van der Waals surface area contributed by atoms with Crippen LogP contribution in [-0.2, 0) is 14.6 Å². The van der Waals surface area contributed by atoms with Gasteiger partial charge in [0.15, 0.2) is 9.84 Å². The van der Waals surface area contributed by atoms with E-state index in [1.807, 2.05) is 31.2 Å². The number of amides is 1. The molecule has 0 radical (unpaired) electrons. The Bertz CT molecular complexity index is 596. The number of anilines is 2. The number of hydrogen-bond donors (Lipinski definition) is 1. The number of nitrogens with one attached hydrogen (secondary N) is 1. The third-order valence-corrected chi connectivity index (χ3v) is 5.50. The first-order chi connectivity index (χ1) is 9.91. The van der Waals surface area contributed by atoms with Crippen molar-refractivity contribution in [1.29, 1.82) is 0 Å². The van der Waals surface area contributed by atoms with Crippen molar-refractivity contribution in [2.45, 2.75) is 32.7 Å². The Kier molecular flexibility index (Phi) is 4.88. The highest BCUT2D eigenvalue weighted by molar-refractivity contribution is 7.91. The van der Waals surface area contributed by atoms with Crippen molar-refractivity contribution >= 4 is 27.1 Å². The van der Waals surface area contributed by atoms with Gasteiger partial charge in [-0.15, -0.1) is 0 Å². The molecule has 1 aliphatic rings. The van der Waals surface area contributed by atoms with Gasteiger partial charge in [0.2, 0.25) is 5.91 Å². The van der Waals surface area contributed by atoms with Crippen LogP contribution in [0, 0.1) is 0 Å². The number of nitrogens with zero attached hydrogens (tertiary/aromatic N) is 1. The summed E-state index contributed by atoms with van der Waals surface area (Å²) in [6, 6.07) is 7.42. The van der Waals surface area contributed by atoms with Gasteiger partial charge in [-0.25, -0.2) is 8.42 Å². The highest BCUT2D eigenvalue weighted by Gasteiger charge is 2.21. The molecule has 1 aromatic rings. The van der Waals surface area contributed by atoms with Crippen molar-refractivity contribution in [2.75, 3.05) is 28.3 Å². The molecule has 0 saturated carbocycles. The normalized spacial score (nSPS) is 17.0. The summed E-state index contributed by atoms with van der Waals surface area (Å²) in [6.07, 6.45) is 1.52. The Hall–Kier alpha value is -1.56. The first-order valence-electron chi connectivity index (χ1n) is 7.28. The summed E-state index contributed by atoms with van der Waals surface area (Å²) in [5.41, 5.74) is 1.76. The van der Waals surface area contributed by atoms with E-state index < -0.39 is 9.84 Å². The average Bonchev–Trinajstić information content (AvgIpc) is 2.85. The number of hydrogen-bond acceptors (Lipinski definition) is 4. The molecule has 1 aromatic carbocycles. The molecule has 5 nitrogen and oxygen atoms in total. The standard InChI is InChI=1S/C15H22N2O3S/c1-3-21(19,20)11-12(2)16-13-6-8-14(9-7-13)17-10-4-5-15(17)18/h6-9,12,16H,3-5,10-11H2,1-2H3. The van der Waals surface area contributed by atoms with Crippen LogP contribution in [0.15, 0.2) is 24.3 Å². The van der Waals surface area contributed by atoms with Gasteiger partial charge >= 0.3 is 0 Å². The van der Waals surface area contributed by atoms with Crippen LogP contribution in [0.25, 0.3) is 0 Å². The van der Waals surface area contributed by atoms with Crippen LogP contribution in [0.3, 0.4) is 0 Å². The molecular weight excluding hydrogens is 288 g/mol. The van der Waals surface area contributed by atoms with Crippen molar-refractivity contribution in [3.63, 3.8) is 0 Å². The van der Waals surface area contributed by atoms with Gasteiger partial charge in [-0.1, -0.05) is 6.92 Å². The summed E-state index contributed by atoms with van der Waals surface area (Å²) in [4.78, 5) is 13.5. The third-order valence-electron chi connectivity index (χ3n) is 3.61. The van der Waals surface area contributed by atoms with Crippen LogP contribution in [-0.4, -0.2) is 38.4 Å². The van der Waals surface area contributed by atoms with Crippen LogP contribution >= 0.6 is 0 Å². The number of carbonyl (C=O) groups excluding carboxylic acids is 1. The maximum Gasteiger partial charge on any atom is 0.227 e. The van der Waals surface area contributed by atoms with E-state index in [9.17, 15) is 13.2 Å². The fourth-order valence-electron chi connectivity index (χ4n) is 2.48. The molecule has 1 heterocycles. The minimum atomic E-state index is -2.98. The Morgan fingerprint density at radius 2 is 1.95 bits per heavy atom. The molecule has 0 aliphatic carbocycles. The van der Waals surface area contributed by atoms with Crippen LogP contribution in [0.4, 0.5) is 11.4 Å². The minimum absolute atomic E-state index is 0.121. The lowest BCUT2D eigenvalue weighted by molar-refractivity contribution is -0.117. The third kappa shape index (κ3) is 4.20. The molecule has 6 heteroatoms. The predicted octanol–water partition coefficient (Wildman–Crippen LogP) is 2.05. The van der Waals surface area contributed by atoms with Gasteiger partial charge in [0.1, 0.15) is 0 Å². The summed E-state index contributed by atoms with van der Waals surface area (Å²) < 4.78 is 23.2. The van der Waals surface area contributed by atoms with E-state index in [0.717, 1.165) is 24.3 Å². The van der Waals surface area contributed by atoms with E-state index in [1.165, 1.54) is 0 Å². The van der Waals surface area contributed by atoms with Gasteiger partial charge < -0.3 is 10.2 Å². The number of sulfone groups is 1. The molecule has 1 aliphatic heterocycles. The zero-order valence-electron chi connectivity index (χ0n) is 12.5. The second-order valence-corrected chi connectivity index (χ2v) is 7.84. The summed E-state index contributed by atoms with van der Waals surface area (Å²) in [5.74, 6) is 0.448. The Morgan fingerprint density at radius 1 is 1.29 bits per heavy atom. The van der Waals surface area contributed by atoms with Crippen LogP contribution < -0.4 is 10.2 Å². The molecule has 1 saturated heterocycles. The molecule has 21 heavy (non-hydrogen) atoms. The molecule has 0 bridgehead atoms. The first kappa shape index (κ1) is 15.8. The fraction of sp³-hybridized carbons (Fsp3) is 0.533. The lowest BCUT2D eigenvalue weighted by atomic mass is 10.2. The smallest absolute Gasteiger partial charge is 0.227 e. The van der Waals surface area contributed by atoms with E-state index >= 15 is 0 Å². The van der Waals surface area contributed by atoms with Gasteiger partial charge in [0.05, 0.1) is 5.75 Å². The summed E-state index contributed by atoms with van der Waals surface area (Å²) >= 11 is 0. The summed E-state index contributed by atoms with van der Waals surface area (Å²) in [7, 11) is -2.98. The number of rotatable bonds is 6. The minimum Gasteiger partial charge on any atom is -0.382 e. The molecule has 1 amide bonds. The second kappa shape index (κ2) is 6.47. The molecule has 0 spiro atoms. The quantitative estimate of drug-likeness (QED) is 0.873. The summed E-state index contributed by atoms with van der Waals surface area (Å²) in [5, 5.41) is 3.18. The van der Waals surface area contributed by atoms with Crippen LogP contribution in [0.5, 0.6) is 0 Å². The zero-order chi connectivity index (χ0) is 15.5. The average molecular weight is 310 g/mol. The van der Waals surface area contributed by atoms with Crippen molar-refractivity contribution in [3.8, 4) is 0 Å². The molecule has 1 fully saturated rings. The second-order valence-electron chi connectivity index (χ2n) is 5.44. The SMILES string of the molecule is CCS(=O)(=O)CC(C)Nc1ccc(N2CCCC2=O)cc1. The van der Waals surface area contributed by atoms with Crippen molar-refractivity contribution in [1.82, 2.24) is 0 Å². The number of carbonyl (C=O) groups is 1. The topological polar surface area (TPSA) is 66.5 Å². The van der Waals surface area contributed by atoms with E-state index in [-0.39, 0.29) is 23.5 Å². The van der Waals surface area contributed by atoms with Crippen molar-refractivity contribution < 1.29 is 13.2 Å². The predicted molar refractivity (Wildman–Crippen MR) is 85.4 cm³/mol. The zero-order valence-corrected chi connectivity index (χ0v) is 13.3. The van der Waals surface area contributed by atoms with E-state index in [2.05, 4.69) is 5.32 Å². The molecule has 1 atom stereocenters. The van der Waals surface area contributed by atoms with Crippen molar-refractivity contribution in [2.24, 2.45) is 0 Å². The van der Waals surface area contributed by atoms with E-state index in [0.29, 0.717) is 6.42 Å². The molecule has 116 valence electrons. The highest BCUT2D eigenvalue weighted by Crippen LogP contribution is 2.23. The molecule has 2 rings (SSSR count). The van der Waals surface area contributed by atoms with Crippen LogP contribution in [0.1, 0.15) is 26.7 Å². The van der Waals surface area contributed by atoms with Crippen molar-refractivity contribution in [3.05, 3.63) is 24.3 Å². The molecule has 0 aromatic heterocycles. The molecule has 1 N–H and O–H groups in total. The van der Waals surface area contributed by atoms with Gasteiger partial charge in [-0.3, -0.25) is 4.79 Å². The van der Waals surface area contributed by atoms with Gasteiger partial charge in [-0.05, 0) is 37.6 Å². The molecule has 1 unspecified atom stereocenters. The Labute approximate surface area is 126 Å². The maximum atomic E-state index is 11.7. The monoisotopic (exact) mass is 310 g/mol. The number of benzene rings is 1. The van der Waals surface area contributed by atoms with E-state index in [1.54, 1.807) is 11.8 Å². The van der Waals surface area contributed by atoms with Crippen LogP contribution in [0.2, 0.25) is 0 Å². The largest absolute Gasteiger partial charge is 0.382 e. The highest BCUT2D eigenvalue weighted by atomic mass is 32.2. The van der Waals surface area contributed by atoms with Gasteiger partial charge in [0, 0.05) is 36.1 Å². The van der Waals surface area contributed by atoms with Gasteiger partial charge in [-0.2, -0.15) is 0 Å². The Balaban J connectivity index is 1.98. The first-order valence-corrected chi connectivity index (χ1v) is 9.11. The lowest BCUT2D eigenvalue weighted by Gasteiger charge is -2.18. The summed E-state index contributed by atoms with van der Waals surface area (Å²) in [6.45, 7) is 4.28. The van der Waals surface area contributed by atoms with E-state index in [4.69, 9.17) is 0 Å². The maximum absolute atomic E-state index is 11.7.